The molecule has 2 unspecified atom stereocenters. The third-order valence-corrected chi connectivity index (χ3v) is 6.09. The van der Waals surface area contributed by atoms with Crippen LogP contribution in [-0.4, -0.2) is 42.9 Å². The number of benzene rings is 2. The zero-order chi connectivity index (χ0) is 19.8. The van der Waals surface area contributed by atoms with E-state index >= 15 is 0 Å². The zero-order valence-corrected chi connectivity index (χ0v) is 16.4. The molecule has 3 aromatic rings. The van der Waals surface area contributed by atoms with Crippen molar-refractivity contribution >= 4 is 32.6 Å². The Bertz CT molecular complexity index is 1050. The van der Waals surface area contributed by atoms with Crippen LogP contribution in [0.3, 0.4) is 0 Å². The summed E-state index contributed by atoms with van der Waals surface area (Å²) in [4.78, 5) is 19.4. The van der Waals surface area contributed by atoms with Gasteiger partial charge in [0.1, 0.15) is 17.9 Å². The SMILES string of the molecule is O=C(C1COc2ccccc2O1)N(CC1CCCO1)c1nc2c(F)cccc2s1. The van der Waals surface area contributed by atoms with Gasteiger partial charge in [-0.15, -0.1) is 0 Å². The van der Waals surface area contributed by atoms with E-state index < -0.39 is 11.9 Å². The highest BCUT2D eigenvalue weighted by Gasteiger charge is 2.35. The Balaban J connectivity index is 1.46. The summed E-state index contributed by atoms with van der Waals surface area (Å²) in [5.41, 5.74) is 0.267. The monoisotopic (exact) mass is 414 g/mol. The van der Waals surface area contributed by atoms with Crippen LogP contribution in [0, 0.1) is 5.82 Å². The van der Waals surface area contributed by atoms with Crippen molar-refractivity contribution in [3.8, 4) is 11.5 Å². The van der Waals surface area contributed by atoms with Gasteiger partial charge in [0.25, 0.3) is 5.91 Å². The van der Waals surface area contributed by atoms with E-state index in [-0.39, 0.29) is 24.1 Å². The number of carbonyl (C=O) groups is 1. The fourth-order valence-electron chi connectivity index (χ4n) is 3.59. The molecule has 3 heterocycles. The quantitative estimate of drug-likeness (QED) is 0.650. The molecule has 6 nitrogen and oxygen atoms in total. The summed E-state index contributed by atoms with van der Waals surface area (Å²) < 4.78 is 32.2. The number of halogens is 1. The van der Waals surface area contributed by atoms with E-state index in [1.807, 2.05) is 12.1 Å². The smallest absolute Gasteiger partial charge is 0.273 e. The van der Waals surface area contributed by atoms with Crippen LogP contribution < -0.4 is 14.4 Å². The molecule has 0 bridgehead atoms. The lowest BCUT2D eigenvalue weighted by atomic mass is 10.2. The predicted molar refractivity (Wildman–Crippen MR) is 107 cm³/mol. The lowest BCUT2D eigenvalue weighted by molar-refractivity contribution is -0.128. The van der Waals surface area contributed by atoms with Gasteiger partial charge in [0.05, 0.1) is 17.3 Å². The van der Waals surface area contributed by atoms with Gasteiger partial charge in [-0.25, -0.2) is 9.37 Å². The van der Waals surface area contributed by atoms with Crippen molar-refractivity contribution in [1.82, 2.24) is 4.98 Å². The van der Waals surface area contributed by atoms with E-state index in [1.165, 1.54) is 17.4 Å². The van der Waals surface area contributed by atoms with Crippen molar-refractivity contribution in [2.24, 2.45) is 0 Å². The van der Waals surface area contributed by atoms with Crippen molar-refractivity contribution < 1.29 is 23.4 Å². The first-order valence-corrected chi connectivity index (χ1v) is 10.4. The molecule has 5 rings (SSSR count). The number of rotatable bonds is 4. The van der Waals surface area contributed by atoms with Gasteiger partial charge >= 0.3 is 0 Å². The number of fused-ring (bicyclic) bond motifs is 2. The van der Waals surface area contributed by atoms with Gasteiger partial charge in [-0.1, -0.05) is 29.5 Å². The van der Waals surface area contributed by atoms with Gasteiger partial charge in [0.2, 0.25) is 6.10 Å². The van der Waals surface area contributed by atoms with Gasteiger partial charge < -0.3 is 14.2 Å². The standard InChI is InChI=1S/C21H19FN2O4S/c22-14-6-3-9-18-19(14)23-21(29-18)24(11-13-5-4-10-26-13)20(25)17-12-27-15-7-1-2-8-16(15)28-17/h1-3,6-9,13,17H,4-5,10-12H2. The summed E-state index contributed by atoms with van der Waals surface area (Å²) in [6, 6.07) is 12.1. The number of thiazole rings is 1. The summed E-state index contributed by atoms with van der Waals surface area (Å²) in [5.74, 6) is 0.476. The number of carbonyl (C=O) groups excluding carboxylic acids is 1. The molecule has 2 aliphatic rings. The highest BCUT2D eigenvalue weighted by molar-refractivity contribution is 7.22. The van der Waals surface area contributed by atoms with E-state index in [2.05, 4.69) is 4.98 Å². The Hall–Kier alpha value is -2.71. The number of hydrogen-bond donors (Lipinski definition) is 0. The van der Waals surface area contributed by atoms with Crippen LogP contribution in [0.25, 0.3) is 10.2 Å². The van der Waals surface area contributed by atoms with Crippen LogP contribution in [0.15, 0.2) is 42.5 Å². The molecule has 2 aromatic carbocycles. The Morgan fingerprint density at radius 2 is 2.07 bits per heavy atom. The van der Waals surface area contributed by atoms with Crippen LogP contribution in [-0.2, 0) is 9.53 Å². The molecule has 0 radical (unpaired) electrons. The van der Waals surface area contributed by atoms with Crippen molar-refractivity contribution in [1.29, 1.82) is 0 Å². The first-order valence-electron chi connectivity index (χ1n) is 9.55. The highest BCUT2D eigenvalue weighted by atomic mass is 32.1. The van der Waals surface area contributed by atoms with Crippen molar-refractivity contribution in [3.63, 3.8) is 0 Å². The second-order valence-electron chi connectivity index (χ2n) is 7.03. The molecule has 1 aromatic heterocycles. The molecule has 0 N–H and O–H groups in total. The topological polar surface area (TPSA) is 60.9 Å². The minimum absolute atomic E-state index is 0.0763. The van der Waals surface area contributed by atoms with E-state index in [0.717, 1.165) is 12.8 Å². The van der Waals surface area contributed by atoms with E-state index in [4.69, 9.17) is 14.2 Å². The summed E-state index contributed by atoms with van der Waals surface area (Å²) in [6.07, 6.45) is 0.946. The van der Waals surface area contributed by atoms with Gasteiger partial charge in [0.15, 0.2) is 16.6 Å². The largest absolute Gasteiger partial charge is 0.485 e. The first kappa shape index (κ1) is 18.3. The lowest BCUT2D eigenvalue weighted by Gasteiger charge is -2.30. The highest BCUT2D eigenvalue weighted by Crippen LogP contribution is 2.34. The van der Waals surface area contributed by atoms with Crippen molar-refractivity contribution in [2.75, 3.05) is 24.7 Å². The Labute approximate surface area is 170 Å². The van der Waals surface area contributed by atoms with Gasteiger partial charge in [-0.2, -0.15) is 0 Å². The molecule has 0 aliphatic carbocycles. The molecule has 0 spiro atoms. The number of anilines is 1. The Morgan fingerprint density at radius 1 is 1.21 bits per heavy atom. The molecule has 1 fully saturated rings. The summed E-state index contributed by atoms with van der Waals surface area (Å²) in [5, 5.41) is 0.438. The molecule has 8 heteroatoms. The lowest BCUT2D eigenvalue weighted by Crippen LogP contribution is -2.48. The fraction of sp³-hybridized carbons (Fsp3) is 0.333. The van der Waals surface area contributed by atoms with Crippen LogP contribution >= 0.6 is 11.3 Å². The van der Waals surface area contributed by atoms with Crippen LogP contribution in [0.5, 0.6) is 11.5 Å². The molecular weight excluding hydrogens is 395 g/mol. The zero-order valence-electron chi connectivity index (χ0n) is 15.5. The van der Waals surface area contributed by atoms with Crippen LogP contribution in [0.1, 0.15) is 12.8 Å². The summed E-state index contributed by atoms with van der Waals surface area (Å²) >= 11 is 1.28. The Morgan fingerprint density at radius 3 is 2.86 bits per heavy atom. The number of para-hydroxylation sites is 3. The van der Waals surface area contributed by atoms with Crippen molar-refractivity contribution in [2.45, 2.75) is 25.0 Å². The molecule has 1 saturated heterocycles. The molecule has 2 atom stereocenters. The number of hydrogen-bond acceptors (Lipinski definition) is 6. The van der Waals surface area contributed by atoms with E-state index in [9.17, 15) is 9.18 Å². The number of nitrogens with zero attached hydrogens (tertiary/aromatic N) is 2. The van der Waals surface area contributed by atoms with Gasteiger partial charge in [-0.05, 0) is 37.1 Å². The third-order valence-electron chi connectivity index (χ3n) is 5.05. The maximum Gasteiger partial charge on any atom is 0.273 e. The molecular formula is C21H19FN2O4S. The second-order valence-corrected chi connectivity index (χ2v) is 8.04. The summed E-state index contributed by atoms with van der Waals surface area (Å²) in [7, 11) is 0. The molecule has 2 aliphatic heterocycles. The fourth-order valence-corrected chi connectivity index (χ4v) is 4.58. The normalized spacial score (nSPS) is 20.7. The van der Waals surface area contributed by atoms with Crippen LogP contribution in [0.4, 0.5) is 9.52 Å². The van der Waals surface area contributed by atoms with Crippen LogP contribution in [0.2, 0.25) is 0 Å². The molecule has 150 valence electrons. The minimum atomic E-state index is -0.803. The van der Waals surface area contributed by atoms with Crippen molar-refractivity contribution in [3.05, 3.63) is 48.3 Å². The van der Waals surface area contributed by atoms with E-state index in [1.54, 1.807) is 29.2 Å². The molecule has 1 amide bonds. The summed E-state index contributed by atoms with van der Waals surface area (Å²) in [6.45, 7) is 1.14. The predicted octanol–water partition coefficient (Wildman–Crippen LogP) is 3.79. The maximum absolute atomic E-state index is 14.2. The number of aromatic nitrogens is 1. The van der Waals surface area contributed by atoms with Gasteiger partial charge in [-0.3, -0.25) is 9.69 Å². The minimum Gasteiger partial charge on any atom is -0.485 e. The average Bonchev–Trinajstić information content (AvgIpc) is 3.41. The second kappa shape index (κ2) is 7.61. The third kappa shape index (κ3) is 3.54. The first-order chi connectivity index (χ1) is 14.2. The number of amides is 1. The Kier molecular flexibility index (Phi) is 4.81. The maximum atomic E-state index is 14.2. The van der Waals surface area contributed by atoms with E-state index in [0.29, 0.717) is 34.5 Å². The molecule has 0 saturated carbocycles. The average molecular weight is 414 g/mol. The number of ether oxygens (including phenoxy) is 3. The van der Waals surface area contributed by atoms with Gasteiger partial charge in [0, 0.05) is 6.61 Å². The molecule has 29 heavy (non-hydrogen) atoms.